The zero-order valence-corrected chi connectivity index (χ0v) is 9.54. The first kappa shape index (κ1) is 13.0. The number of carbonyl (C=O) groups excluding carboxylic acids is 1. The van der Waals surface area contributed by atoms with Crippen LogP contribution in [0, 0.1) is 0 Å². The van der Waals surface area contributed by atoms with Crippen LogP contribution in [0.15, 0.2) is 27.6 Å². The van der Waals surface area contributed by atoms with Crippen LogP contribution in [-0.2, 0) is 4.79 Å². The molecule has 0 aliphatic rings. The third kappa shape index (κ3) is 3.44. The molecule has 0 atom stereocenters. The van der Waals surface area contributed by atoms with Crippen molar-refractivity contribution in [3.8, 4) is 0 Å². The average Bonchev–Trinajstić information content (AvgIpc) is 2.25. The Hall–Kier alpha value is -2.11. The van der Waals surface area contributed by atoms with Gasteiger partial charge in [0.1, 0.15) is 12.8 Å². The number of carboxylic acids is 1. The van der Waals surface area contributed by atoms with Crippen LogP contribution >= 0.6 is 0 Å². The Morgan fingerprint density at radius 1 is 1.41 bits per heavy atom. The molecule has 0 unspecified atom stereocenters. The van der Waals surface area contributed by atoms with Crippen molar-refractivity contribution < 1.29 is 19.1 Å². The van der Waals surface area contributed by atoms with Crippen LogP contribution in [0.2, 0.25) is 0 Å². The molecule has 0 saturated heterocycles. The van der Waals surface area contributed by atoms with Gasteiger partial charge in [-0.05, 0) is 19.9 Å². The molecule has 0 radical (unpaired) electrons. The van der Waals surface area contributed by atoms with Gasteiger partial charge in [0.05, 0.1) is 5.56 Å². The lowest BCUT2D eigenvalue weighted by molar-refractivity contribution is -0.138. The molecule has 0 saturated carbocycles. The predicted octanol–water partition coefficient (Wildman–Crippen LogP) is 0.575. The Labute approximate surface area is 97.5 Å². The van der Waals surface area contributed by atoms with Gasteiger partial charge in [0.15, 0.2) is 0 Å². The molecular formula is C11H13NO5. The summed E-state index contributed by atoms with van der Waals surface area (Å²) in [5, 5.41) is 8.71. The van der Waals surface area contributed by atoms with Gasteiger partial charge in [-0.2, -0.15) is 0 Å². The number of aliphatic carboxylic acids is 1. The summed E-state index contributed by atoms with van der Waals surface area (Å²) in [5.74, 6) is -1.57. The summed E-state index contributed by atoms with van der Waals surface area (Å²) < 4.78 is 4.56. The lowest BCUT2D eigenvalue weighted by Crippen LogP contribution is -2.40. The van der Waals surface area contributed by atoms with E-state index in [0.29, 0.717) is 0 Å². The second kappa shape index (κ2) is 5.29. The number of nitrogens with zero attached hydrogens (tertiary/aromatic N) is 1. The highest BCUT2D eigenvalue weighted by Crippen LogP contribution is 2.06. The van der Waals surface area contributed by atoms with Gasteiger partial charge in [-0.3, -0.25) is 9.59 Å². The summed E-state index contributed by atoms with van der Waals surface area (Å²) in [4.78, 5) is 34.5. The molecule has 6 nitrogen and oxygen atoms in total. The molecule has 1 N–H and O–H groups in total. The van der Waals surface area contributed by atoms with E-state index in [4.69, 9.17) is 5.11 Å². The number of hydrogen-bond donors (Lipinski definition) is 1. The molecule has 6 heteroatoms. The van der Waals surface area contributed by atoms with Crippen molar-refractivity contribution in [2.45, 2.75) is 19.9 Å². The molecule has 1 aromatic rings. The maximum absolute atomic E-state index is 11.9. The Bertz CT molecular complexity index is 457. The molecule has 1 amide bonds. The summed E-state index contributed by atoms with van der Waals surface area (Å²) in [6.07, 6.45) is 1.03. The topological polar surface area (TPSA) is 87.8 Å². The lowest BCUT2D eigenvalue weighted by Gasteiger charge is -2.24. The van der Waals surface area contributed by atoms with Gasteiger partial charge in [-0.15, -0.1) is 0 Å². The fourth-order valence-corrected chi connectivity index (χ4v) is 1.28. The fourth-order valence-electron chi connectivity index (χ4n) is 1.28. The van der Waals surface area contributed by atoms with Gasteiger partial charge in [-0.1, -0.05) is 0 Å². The highest BCUT2D eigenvalue weighted by molar-refractivity contribution is 5.95. The van der Waals surface area contributed by atoms with E-state index in [-0.39, 0.29) is 11.6 Å². The highest BCUT2D eigenvalue weighted by Gasteiger charge is 2.21. The second-order valence-electron chi connectivity index (χ2n) is 3.76. The van der Waals surface area contributed by atoms with E-state index in [2.05, 4.69) is 4.42 Å². The molecule has 1 aromatic heterocycles. The third-order valence-electron chi connectivity index (χ3n) is 2.14. The Balaban J connectivity index is 2.95. The number of rotatable bonds is 4. The Kier molecular flexibility index (Phi) is 4.03. The standard InChI is InChI=1S/C11H13NO5/c1-7(2)12(5-9(13)14)11(16)8-3-4-10(15)17-6-8/h3-4,6-7H,5H2,1-2H3,(H,13,14). The van der Waals surface area contributed by atoms with E-state index in [1.165, 1.54) is 11.0 Å². The van der Waals surface area contributed by atoms with Crippen molar-refractivity contribution in [2.24, 2.45) is 0 Å². The molecule has 0 aliphatic carbocycles. The van der Waals surface area contributed by atoms with Gasteiger partial charge in [0.2, 0.25) is 0 Å². The molecular weight excluding hydrogens is 226 g/mol. The minimum atomic E-state index is -1.09. The van der Waals surface area contributed by atoms with Gasteiger partial charge in [-0.25, -0.2) is 4.79 Å². The number of amides is 1. The van der Waals surface area contributed by atoms with Crippen LogP contribution in [0.4, 0.5) is 0 Å². The van der Waals surface area contributed by atoms with Crippen LogP contribution in [0.5, 0.6) is 0 Å². The smallest absolute Gasteiger partial charge is 0.335 e. The molecule has 0 spiro atoms. The highest BCUT2D eigenvalue weighted by atomic mass is 16.4. The molecule has 0 aliphatic heterocycles. The first-order valence-corrected chi connectivity index (χ1v) is 5.03. The summed E-state index contributed by atoms with van der Waals surface area (Å²) in [6.45, 7) is 3.02. The van der Waals surface area contributed by atoms with Crippen molar-refractivity contribution in [2.75, 3.05) is 6.54 Å². The van der Waals surface area contributed by atoms with Crippen molar-refractivity contribution >= 4 is 11.9 Å². The molecule has 0 aromatic carbocycles. The monoisotopic (exact) mass is 239 g/mol. The van der Waals surface area contributed by atoms with Crippen molar-refractivity contribution in [3.05, 3.63) is 34.4 Å². The Morgan fingerprint density at radius 2 is 2.06 bits per heavy atom. The van der Waals surface area contributed by atoms with Gasteiger partial charge >= 0.3 is 11.6 Å². The maximum atomic E-state index is 11.9. The van der Waals surface area contributed by atoms with E-state index >= 15 is 0 Å². The molecule has 92 valence electrons. The molecule has 0 fully saturated rings. The number of carboxylic acid groups (broad SMARTS) is 1. The largest absolute Gasteiger partial charge is 0.480 e. The zero-order chi connectivity index (χ0) is 13.0. The van der Waals surface area contributed by atoms with Crippen molar-refractivity contribution in [1.82, 2.24) is 4.90 Å². The quantitative estimate of drug-likeness (QED) is 0.830. The normalized spacial score (nSPS) is 10.3. The lowest BCUT2D eigenvalue weighted by atomic mass is 10.2. The first-order chi connectivity index (χ1) is 7.91. The average molecular weight is 239 g/mol. The summed E-state index contributed by atoms with van der Waals surface area (Å²) in [6, 6.07) is 2.17. The van der Waals surface area contributed by atoms with E-state index in [1.54, 1.807) is 13.8 Å². The Morgan fingerprint density at radius 3 is 2.47 bits per heavy atom. The molecule has 17 heavy (non-hydrogen) atoms. The van der Waals surface area contributed by atoms with Crippen molar-refractivity contribution in [3.63, 3.8) is 0 Å². The molecule has 1 heterocycles. The van der Waals surface area contributed by atoms with Crippen molar-refractivity contribution in [1.29, 1.82) is 0 Å². The molecule has 1 rings (SSSR count). The fraction of sp³-hybridized carbons (Fsp3) is 0.364. The van der Waals surface area contributed by atoms with Gasteiger partial charge < -0.3 is 14.4 Å². The zero-order valence-electron chi connectivity index (χ0n) is 9.54. The first-order valence-electron chi connectivity index (χ1n) is 5.03. The van der Waals surface area contributed by atoms with Crippen LogP contribution in [-0.4, -0.2) is 34.5 Å². The predicted molar refractivity (Wildman–Crippen MR) is 58.8 cm³/mol. The molecule has 0 bridgehead atoms. The summed E-state index contributed by atoms with van der Waals surface area (Å²) >= 11 is 0. The third-order valence-corrected chi connectivity index (χ3v) is 2.14. The minimum Gasteiger partial charge on any atom is -0.480 e. The summed E-state index contributed by atoms with van der Waals surface area (Å²) in [7, 11) is 0. The van der Waals surface area contributed by atoms with Crippen LogP contribution in [0.25, 0.3) is 0 Å². The van der Waals surface area contributed by atoms with Crippen LogP contribution in [0.1, 0.15) is 24.2 Å². The van der Waals surface area contributed by atoms with Gasteiger partial charge in [0, 0.05) is 12.1 Å². The van der Waals surface area contributed by atoms with Crippen LogP contribution in [0.3, 0.4) is 0 Å². The number of carbonyl (C=O) groups is 2. The second-order valence-corrected chi connectivity index (χ2v) is 3.76. The van der Waals surface area contributed by atoms with E-state index in [9.17, 15) is 14.4 Å². The van der Waals surface area contributed by atoms with E-state index in [0.717, 1.165) is 12.3 Å². The van der Waals surface area contributed by atoms with Crippen LogP contribution < -0.4 is 5.63 Å². The number of hydrogen-bond acceptors (Lipinski definition) is 4. The SMILES string of the molecule is CC(C)N(CC(=O)O)C(=O)c1ccc(=O)oc1. The van der Waals surface area contributed by atoms with E-state index in [1.807, 2.05) is 0 Å². The van der Waals surface area contributed by atoms with Gasteiger partial charge in [0.25, 0.3) is 5.91 Å². The van der Waals surface area contributed by atoms with E-state index < -0.39 is 24.0 Å². The maximum Gasteiger partial charge on any atom is 0.335 e. The summed E-state index contributed by atoms with van der Waals surface area (Å²) in [5.41, 5.74) is -0.407. The minimum absolute atomic E-state index is 0.152.